The zero-order valence-electron chi connectivity index (χ0n) is 14.6. The van der Waals surface area contributed by atoms with Crippen LogP contribution in [0.25, 0.3) is 11.4 Å². The quantitative estimate of drug-likeness (QED) is 0.561. The smallest absolute Gasteiger partial charge is 0.253 e. The predicted octanol–water partition coefficient (Wildman–Crippen LogP) is 0.239. The normalized spacial score (nSPS) is 21.3. The molecule has 2 aromatic rings. The Balaban J connectivity index is 1.52. The lowest BCUT2D eigenvalue weighted by Crippen LogP contribution is -2.45. The van der Waals surface area contributed by atoms with Gasteiger partial charge in [-0.25, -0.2) is 9.97 Å². The van der Waals surface area contributed by atoms with E-state index in [0.717, 1.165) is 17.8 Å². The van der Waals surface area contributed by atoms with E-state index in [9.17, 15) is 9.59 Å². The highest BCUT2D eigenvalue weighted by atomic mass is 16.5. The molecule has 1 saturated heterocycles. The molecule has 2 aromatic heterocycles. The summed E-state index contributed by atoms with van der Waals surface area (Å²) in [4.78, 5) is 35.6. The number of nitrogens with one attached hydrogen (secondary N) is 4. The van der Waals surface area contributed by atoms with Gasteiger partial charge in [0.15, 0.2) is 0 Å². The number of fused-ring (bicyclic) bond motifs is 1. The van der Waals surface area contributed by atoms with Crippen LogP contribution in [-0.4, -0.2) is 58.6 Å². The Morgan fingerprint density at radius 2 is 2.22 bits per heavy atom. The highest BCUT2D eigenvalue weighted by molar-refractivity contribution is 5.97. The number of carbonyl (C=O) groups excluding carboxylic acids is 2. The summed E-state index contributed by atoms with van der Waals surface area (Å²) in [6.45, 7) is 4.94. The molecule has 2 atom stereocenters. The van der Waals surface area contributed by atoms with E-state index in [2.05, 4.69) is 37.5 Å². The number of aromatic nitrogens is 3. The molecular formula is C18H20N6O3. The van der Waals surface area contributed by atoms with Gasteiger partial charge in [-0.2, -0.15) is 0 Å². The van der Waals surface area contributed by atoms with Gasteiger partial charge in [0, 0.05) is 24.9 Å². The van der Waals surface area contributed by atoms with Gasteiger partial charge in [-0.3, -0.25) is 9.59 Å². The lowest BCUT2D eigenvalue weighted by atomic mass is 10.1. The molecule has 0 aromatic carbocycles. The number of rotatable bonds is 5. The van der Waals surface area contributed by atoms with Crippen molar-refractivity contribution in [3.05, 3.63) is 42.2 Å². The van der Waals surface area contributed by atoms with Crippen molar-refractivity contribution in [1.82, 2.24) is 25.6 Å². The van der Waals surface area contributed by atoms with Crippen molar-refractivity contribution >= 4 is 17.8 Å². The molecule has 4 heterocycles. The van der Waals surface area contributed by atoms with E-state index in [1.54, 1.807) is 12.3 Å². The van der Waals surface area contributed by atoms with E-state index in [1.165, 1.54) is 6.08 Å². The average Bonchev–Trinajstić information content (AvgIpc) is 3.30. The third-order valence-corrected chi connectivity index (χ3v) is 4.64. The fourth-order valence-corrected chi connectivity index (χ4v) is 3.26. The Morgan fingerprint density at radius 1 is 1.37 bits per heavy atom. The number of nitrogens with zero attached hydrogens (tertiary/aromatic N) is 2. The molecule has 2 aliphatic heterocycles. The first-order valence-corrected chi connectivity index (χ1v) is 8.75. The van der Waals surface area contributed by atoms with E-state index < -0.39 is 0 Å². The van der Waals surface area contributed by atoms with Crippen LogP contribution in [0.2, 0.25) is 0 Å². The number of H-pyrrole nitrogens is 1. The van der Waals surface area contributed by atoms with Gasteiger partial charge in [0.1, 0.15) is 0 Å². The maximum absolute atomic E-state index is 11.9. The Kier molecular flexibility index (Phi) is 4.59. The maximum atomic E-state index is 11.9. The fourth-order valence-electron chi connectivity index (χ4n) is 3.26. The van der Waals surface area contributed by atoms with Crippen LogP contribution >= 0.6 is 0 Å². The second kappa shape index (κ2) is 7.20. The Labute approximate surface area is 155 Å². The summed E-state index contributed by atoms with van der Waals surface area (Å²) < 4.78 is 5.45. The molecule has 9 nitrogen and oxygen atoms in total. The predicted molar refractivity (Wildman–Crippen MR) is 98.2 cm³/mol. The van der Waals surface area contributed by atoms with E-state index in [-0.39, 0.29) is 23.9 Å². The topological polar surface area (TPSA) is 121 Å². The summed E-state index contributed by atoms with van der Waals surface area (Å²) in [5, 5.41) is 8.87. The van der Waals surface area contributed by atoms with Gasteiger partial charge in [0.25, 0.3) is 5.91 Å². The molecule has 0 bridgehead atoms. The van der Waals surface area contributed by atoms with Gasteiger partial charge < -0.3 is 25.7 Å². The third kappa shape index (κ3) is 3.54. The van der Waals surface area contributed by atoms with Crippen molar-refractivity contribution < 1.29 is 14.3 Å². The number of hydrogen-bond acceptors (Lipinski definition) is 6. The van der Waals surface area contributed by atoms with Crippen LogP contribution in [0.3, 0.4) is 0 Å². The highest BCUT2D eigenvalue weighted by Crippen LogP contribution is 2.23. The monoisotopic (exact) mass is 368 g/mol. The summed E-state index contributed by atoms with van der Waals surface area (Å²) in [5.74, 6) is 0.107. The van der Waals surface area contributed by atoms with Crippen LogP contribution in [0.1, 0.15) is 16.1 Å². The zero-order chi connectivity index (χ0) is 18.8. The number of carbonyl (C=O) groups is 2. The second-order valence-electron chi connectivity index (χ2n) is 6.45. The lowest BCUT2D eigenvalue weighted by Gasteiger charge is -2.19. The van der Waals surface area contributed by atoms with Crippen molar-refractivity contribution in [2.24, 2.45) is 0 Å². The van der Waals surface area contributed by atoms with Crippen molar-refractivity contribution in [2.45, 2.75) is 18.5 Å². The van der Waals surface area contributed by atoms with Gasteiger partial charge >= 0.3 is 0 Å². The Morgan fingerprint density at radius 3 is 3.04 bits per heavy atom. The molecular weight excluding hydrogens is 348 g/mol. The number of ether oxygens (including phenoxy) is 1. The number of aromatic amines is 1. The zero-order valence-corrected chi connectivity index (χ0v) is 14.6. The lowest BCUT2D eigenvalue weighted by molar-refractivity contribution is -0.117. The Hall–Kier alpha value is -3.20. The molecule has 1 fully saturated rings. The SMILES string of the molecule is C=CC(=O)NC1COCC1Nc1nccc(-c2cc3c([nH]2)CCNC3=O)n1. The minimum absolute atomic E-state index is 0.0740. The van der Waals surface area contributed by atoms with E-state index in [1.807, 2.05) is 6.07 Å². The van der Waals surface area contributed by atoms with Crippen LogP contribution in [0, 0.1) is 0 Å². The molecule has 2 amide bonds. The Bertz CT molecular complexity index is 893. The summed E-state index contributed by atoms with van der Waals surface area (Å²) >= 11 is 0. The van der Waals surface area contributed by atoms with Crippen molar-refractivity contribution in [1.29, 1.82) is 0 Å². The van der Waals surface area contributed by atoms with Gasteiger partial charge in [0.2, 0.25) is 11.9 Å². The molecule has 2 aliphatic rings. The van der Waals surface area contributed by atoms with Gasteiger partial charge in [-0.05, 0) is 18.2 Å². The molecule has 0 saturated carbocycles. The molecule has 4 N–H and O–H groups in total. The molecule has 9 heteroatoms. The first kappa shape index (κ1) is 17.2. The molecule has 0 radical (unpaired) electrons. The second-order valence-corrected chi connectivity index (χ2v) is 6.45. The standard InChI is InChI=1S/C18H20N6O3/c1-2-16(25)22-14-8-27-9-15(14)24-18-20-6-4-12(23-18)13-7-10-11(21-13)3-5-19-17(10)26/h2,4,6-7,14-15,21H,1,3,5,8-9H2,(H,19,26)(H,22,25)(H,20,23,24). The summed E-state index contributed by atoms with van der Waals surface area (Å²) in [6.07, 6.45) is 3.65. The van der Waals surface area contributed by atoms with E-state index in [0.29, 0.717) is 37.0 Å². The van der Waals surface area contributed by atoms with Crippen LogP contribution in [0.5, 0.6) is 0 Å². The molecule has 4 rings (SSSR count). The van der Waals surface area contributed by atoms with Gasteiger partial charge in [-0.1, -0.05) is 6.58 Å². The number of anilines is 1. The van der Waals surface area contributed by atoms with Gasteiger partial charge in [-0.15, -0.1) is 0 Å². The molecule has 0 spiro atoms. The molecule has 27 heavy (non-hydrogen) atoms. The summed E-state index contributed by atoms with van der Waals surface area (Å²) in [6, 6.07) is 3.25. The molecule has 140 valence electrons. The van der Waals surface area contributed by atoms with Crippen molar-refractivity contribution in [3.63, 3.8) is 0 Å². The van der Waals surface area contributed by atoms with Crippen molar-refractivity contribution in [3.8, 4) is 11.4 Å². The number of amides is 2. The number of hydrogen-bond donors (Lipinski definition) is 4. The van der Waals surface area contributed by atoms with Crippen LogP contribution in [-0.2, 0) is 16.0 Å². The average molecular weight is 368 g/mol. The van der Waals surface area contributed by atoms with Crippen molar-refractivity contribution in [2.75, 3.05) is 25.1 Å². The summed E-state index contributed by atoms with van der Waals surface area (Å²) in [5.41, 5.74) is 3.01. The van der Waals surface area contributed by atoms with E-state index in [4.69, 9.17) is 4.74 Å². The maximum Gasteiger partial charge on any atom is 0.253 e. The molecule has 0 aliphatic carbocycles. The highest BCUT2D eigenvalue weighted by Gasteiger charge is 2.29. The van der Waals surface area contributed by atoms with Crippen LogP contribution in [0.4, 0.5) is 5.95 Å². The summed E-state index contributed by atoms with van der Waals surface area (Å²) in [7, 11) is 0. The van der Waals surface area contributed by atoms with E-state index >= 15 is 0 Å². The fraction of sp³-hybridized carbons (Fsp3) is 0.333. The minimum Gasteiger partial charge on any atom is -0.377 e. The first-order valence-electron chi connectivity index (χ1n) is 8.75. The van der Waals surface area contributed by atoms with Crippen LogP contribution in [0.15, 0.2) is 31.0 Å². The minimum atomic E-state index is -0.248. The third-order valence-electron chi connectivity index (χ3n) is 4.64. The first-order chi connectivity index (χ1) is 13.1. The molecule has 2 unspecified atom stereocenters. The van der Waals surface area contributed by atoms with Crippen LogP contribution < -0.4 is 16.0 Å². The largest absolute Gasteiger partial charge is 0.377 e. The van der Waals surface area contributed by atoms with Gasteiger partial charge in [0.05, 0.1) is 42.2 Å².